The van der Waals surface area contributed by atoms with E-state index in [9.17, 15) is 4.79 Å². The van der Waals surface area contributed by atoms with Gasteiger partial charge in [0.25, 0.3) is 5.56 Å². The summed E-state index contributed by atoms with van der Waals surface area (Å²) in [4.78, 5) is 15.5. The van der Waals surface area contributed by atoms with Crippen molar-refractivity contribution in [2.24, 2.45) is 5.73 Å². The van der Waals surface area contributed by atoms with E-state index >= 15 is 0 Å². The van der Waals surface area contributed by atoms with E-state index in [1.165, 1.54) is 6.39 Å². The summed E-state index contributed by atoms with van der Waals surface area (Å²) in [5, 5.41) is 5.34. The fourth-order valence-electron chi connectivity index (χ4n) is 1.84. The first kappa shape index (κ1) is 9.86. The smallest absolute Gasteiger partial charge is 0.269 e. The number of fused-ring (bicyclic) bond motifs is 1. The number of H-pyrrole nitrogens is 2. The summed E-state index contributed by atoms with van der Waals surface area (Å²) in [6.45, 7) is 0.183. The molecule has 0 atom stereocenters. The summed E-state index contributed by atoms with van der Waals surface area (Å²) in [6, 6.07) is 5.52. The van der Waals surface area contributed by atoms with E-state index in [1.54, 1.807) is 0 Å². The molecule has 2 heterocycles. The Morgan fingerprint density at radius 1 is 1.35 bits per heavy atom. The summed E-state index contributed by atoms with van der Waals surface area (Å²) < 4.78 is 5.22. The average molecular weight is 230 g/mol. The molecule has 0 fully saturated rings. The van der Waals surface area contributed by atoms with Crippen molar-refractivity contribution in [3.8, 4) is 11.3 Å². The lowest BCUT2D eigenvalue weighted by molar-refractivity contribution is 0.602. The monoisotopic (exact) mass is 230 g/mol. The van der Waals surface area contributed by atoms with Gasteiger partial charge in [0.2, 0.25) is 0 Å². The predicted octanol–water partition coefficient (Wildman–Crippen LogP) is 0.970. The number of rotatable bonds is 2. The van der Waals surface area contributed by atoms with Crippen molar-refractivity contribution in [3.63, 3.8) is 0 Å². The van der Waals surface area contributed by atoms with Crippen molar-refractivity contribution in [2.75, 3.05) is 0 Å². The molecule has 3 rings (SSSR count). The van der Waals surface area contributed by atoms with Crippen LogP contribution in [0.5, 0.6) is 0 Å². The van der Waals surface area contributed by atoms with Crippen LogP contribution in [-0.4, -0.2) is 15.2 Å². The maximum atomic E-state index is 11.5. The first-order valence-corrected chi connectivity index (χ1v) is 5.13. The Morgan fingerprint density at radius 2 is 2.24 bits per heavy atom. The summed E-state index contributed by atoms with van der Waals surface area (Å²) in [6.07, 6.45) is 1.39. The van der Waals surface area contributed by atoms with Gasteiger partial charge < -0.3 is 10.2 Å². The Hall–Kier alpha value is -2.34. The number of nitrogens with two attached hydrogens (primary N) is 1. The molecule has 1 aromatic carbocycles. The molecule has 0 spiro atoms. The average Bonchev–Trinajstić information content (AvgIpc) is 2.93. The van der Waals surface area contributed by atoms with E-state index in [4.69, 9.17) is 10.2 Å². The van der Waals surface area contributed by atoms with Gasteiger partial charge in [0, 0.05) is 12.1 Å². The van der Waals surface area contributed by atoms with Gasteiger partial charge >= 0.3 is 0 Å². The maximum Gasteiger partial charge on any atom is 0.269 e. The highest BCUT2D eigenvalue weighted by Crippen LogP contribution is 2.23. The Kier molecular flexibility index (Phi) is 2.09. The molecule has 0 aliphatic rings. The van der Waals surface area contributed by atoms with Gasteiger partial charge in [-0.05, 0) is 12.1 Å². The second-order valence-electron chi connectivity index (χ2n) is 3.67. The number of nitrogens with one attached hydrogen (secondary N) is 2. The molecule has 0 aliphatic heterocycles. The van der Waals surface area contributed by atoms with Crippen LogP contribution in [0.3, 0.4) is 0 Å². The van der Waals surface area contributed by atoms with Gasteiger partial charge in [0.1, 0.15) is 5.52 Å². The molecule has 0 aliphatic carbocycles. The maximum absolute atomic E-state index is 11.5. The molecule has 0 saturated carbocycles. The third kappa shape index (κ3) is 1.46. The van der Waals surface area contributed by atoms with Crippen molar-refractivity contribution >= 4 is 11.1 Å². The van der Waals surface area contributed by atoms with Crippen LogP contribution in [0.4, 0.5) is 0 Å². The molecule has 6 nitrogen and oxygen atoms in total. The molecule has 17 heavy (non-hydrogen) atoms. The fourth-order valence-corrected chi connectivity index (χ4v) is 1.84. The molecule has 0 radical (unpaired) electrons. The first-order valence-electron chi connectivity index (χ1n) is 5.13. The molecule has 0 saturated heterocycles. The van der Waals surface area contributed by atoms with Crippen molar-refractivity contribution in [1.29, 1.82) is 0 Å². The Labute approximate surface area is 95.4 Å². The highest BCUT2D eigenvalue weighted by atomic mass is 16.3. The molecule has 86 valence electrons. The first-order chi connectivity index (χ1) is 8.29. The zero-order valence-corrected chi connectivity index (χ0v) is 8.86. The second-order valence-corrected chi connectivity index (χ2v) is 3.67. The van der Waals surface area contributed by atoms with Crippen molar-refractivity contribution < 1.29 is 4.42 Å². The minimum Gasteiger partial charge on any atom is -0.443 e. The van der Waals surface area contributed by atoms with E-state index in [2.05, 4.69) is 15.2 Å². The minimum atomic E-state index is -0.194. The molecule has 4 N–H and O–H groups in total. The standard InChI is InChI=1S/C11H10N4O2/c12-4-7-10(14-15-11(7)16)6-1-2-8-9(3-6)17-5-13-8/h1-3,5H,4,12H2,(H2,14,15,16). The number of benzene rings is 1. The molecule has 2 aromatic heterocycles. The molecular formula is C11H10N4O2. The molecular weight excluding hydrogens is 220 g/mol. The van der Waals surface area contributed by atoms with E-state index < -0.39 is 0 Å². The summed E-state index contributed by atoms with van der Waals surface area (Å²) in [5.41, 5.74) is 8.87. The SMILES string of the molecule is NCc1c(-c2ccc3ncoc3c2)[nH][nH]c1=O. The zero-order valence-electron chi connectivity index (χ0n) is 8.86. The second kappa shape index (κ2) is 3.60. The highest BCUT2D eigenvalue weighted by Gasteiger charge is 2.11. The van der Waals surface area contributed by atoms with Gasteiger partial charge in [0.05, 0.1) is 11.3 Å². The third-order valence-corrected chi connectivity index (χ3v) is 2.70. The van der Waals surface area contributed by atoms with Crippen LogP contribution in [0.25, 0.3) is 22.4 Å². The Morgan fingerprint density at radius 3 is 3.06 bits per heavy atom. The van der Waals surface area contributed by atoms with Crippen LogP contribution in [0.15, 0.2) is 33.8 Å². The van der Waals surface area contributed by atoms with E-state index in [0.717, 1.165) is 11.1 Å². The van der Waals surface area contributed by atoms with Crippen molar-refractivity contribution in [2.45, 2.75) is 6.54 Å². The summed E-state index contributed by atoms with van der Waals surface area (Å²) >= 11 is 0. The Bertz CT molecular complexity index is 722. The molecule has 0 amide bonds. The van der Waals surface area contributed by atoms with Gasteiger partial charge in [-0.3, -0.25) is 15.0 Å². The van der Waals surface area contributed by atoms with E-state index in [-0.39, 0.29) is 12.1 Å². The van der Waals surface area contributed by atoms with Crippen LogP contribution in [0.2, 0.25) is 0 Å². The molecule has 6 heteroatoms. The highest BCUT2D eigenvalue weighted by molar-refractivity contribution is 5.79. The van der Waals surface area contributed by atoms with Crippen LogP contribution < -0.4 is 11.3 Å². The van der Waals surface area contributed by atoms with Gasteiger partial charge in [-0.1, -0.05) is 6.07 Å². The van der Waals surface area contributed by atoms with E-state index in [0.29, 0.717) is 16.8 Å². The summed E-state index contributed by atoms with van der Waals surface area (Å²) in [5.74, 6) is 0. The third-order valence-electron chi connectivity index (χ3n) is 2.70. The number of nitrogens with zero attached hydrogens (tertiary/aromatic N) is 1. The van der Waals surface area contributed by atoms with Crippen LogP contribution >= 0.6 is 0 Å². The molecule has 0 unspecified atom stereocenters. The van der Waals surface area contributed by atoms with Gasteiger partial charge in [-0.15, -0.1) is 0 Å². The number of oxazole rings is 1. The number of hydrogen-bond acceptors (Lipinski definition) is 4. The number of hydrogen-bond donors (Lipinski definition) is 3. The van der Waals surface area contributed by atoms with E-state index in [1.807, 2.05) is 18.2 Å². The molecule has 3 aromatic rings. The minimum absolute atomic E-state index is 0.183. The molecule has 0 bridgehead atoms. The summed E-state index contributed by atoms with van der Waals surface area (Å²) in [7, 11) is 0. The van der Waals surface area contributed by atoms with Gasteiger partial charge in [0.15, 0.2) is 12.0 Å². The fraction of sp³-hybridized carbons (Fsp3) is 0.0909. The lowest BCUT2D eigenvalue weighted by Crippen LogP contribution is -2.10. The van der Waals surface area contributed by atoms with Crippen LogP contribution in [0, 0.1) is 0 Å². The van der Waals surface area contributed by atoms with Crippen molar-refractivity contribution in [1.82, 2.24) is 15.2 Å². The number of aromatic nitrogens is 3. The number of aromatic amines is 2. The van der Waals surface area contributed by atoms with Gasteiger partial charge in [-0.25, -0.2) is 4.98 Å². The lowest BCUT2D eigenvalue weighted by atomic mass is 10.1. The van der Waals surface area contributed by atoms with Crippen LogP contribution in [-0.2, 0) is 6.54 Å². The zero-order chi connectivity index (χ0) is 11.8. The predicted molar refractivity (Wildman–Crippen MR) is 62.3 cm³/mol. The van der Waals surface area contributed by atoms with Gasteiger partial charge in [-0.2, -0.15) is 0 Å². The largest absolute Gasteiger partial charge is 0.443 e. The quantitative estimate of drug-likeness (QED) is 0.610. The lowest BCUT2D eigenvalue weighted by Gasteiger charge is -1.99. The topological polar surface area (TPSA) is 101 Å². The van der Waals surface area contributed by atoms with Crippen molar-refractivity contribution in [3.05, 3.63) is 40.5 Å². The normalized spacial score (nSPS) is 11.1. The van der Waals surface area contributed by atoms with Crippen LogP contribution in [0.1, 0.15) is 5.56 Å². The Balaban J connectivity index is 2.22.